The Morgan fingerprint density at radius 3 is 2.52 bits per heavy atom. The van der Waals surface area contributed by atoms with Gasteiger partial charge in [0, 0.05) is 17.9 Å². The van der Waals surface area contributed by atoms with Crippen LogP contribution in [0.15, 0.2) is 70.6 Å². The molecule has 0 saturated heterocycles. The first-order valence-corrected chi connectivity index (χ1v) is 12.1. The van der Waals surface area contributed by atoms with E-state index < -0.39 is 0 Å². The Morgan fingerprint density at radius 1 is 1.03 bits per heavy atom. The van der Waals surface area contributed by atoms with Crippen molar-refractivity contribution in [1.82, 2.24) is 19.3 Å². The lowest BCUT2D eigenvalue weighted by Crippen LogP contribution is -2.24. The number of para-hydroxylation sites is 2. The zero-order valence-electron chi connectivity index (χ0n) is 18.4. The maximum atomic E-state index is 13.3. The second-order valence-corrected chi connectivity index (χ2v) is 9.48. The minimum atomic E-state index is -0.363. The number of fused-ring (bicyclic) bond motifs is 3. The van der Waals surface area contributed by atoms with Crippen molar-refractivity contribution < 1.29 is 4.79 Å². The number of benzene rings is 2. The molecule has 0 aliphatic carbocycles. The number of hydrogen-bond acceptors (Lipinski definition) is 5. The zero-order valence-corrected chi connectivity index (χ0v) is 19.2. The molecule has 2 aromatic carbocycles. The highest BCUT2D eigenvalue weighted by Crippen LogP contribution is 2.32. The molecular formula is C25H25N5O2S. The largest absolute Gasteiger partial charge is 0.325 e. The van der Waals surface area contributed by atoms with Crippen molar-refractivity contribution in [3.63, 3.8) is 0 Å². The Labute approximate surface area is 196 Å². The molecule has 0 unspecified atom stereocenters. The van der Waals surface area contributed by atoms with E-state index in [9.17, 15) is 9.59 Å². The molecule has 0 aromatic heterocycles. The fourth-order valence-corrected chi connectivity index (χ4v) is 5.11. The summed E-state index contributed by atoms with van der Waals surface area (Å²) in [7, 11) is 0. The van der Waals surface area contributed by atoms with Gasteiger partial charge in [0.2, 0.25) is 5.91 Å². The summed E-state index contributed by atoms with van der Waals surface area (Å²) >= 11 is 1.41. The van der Waals surface area contributed by atoms with Crippen molar-refractivity contribution in [3.05, 3.63) is 76.7 Å². The van der Waals surface area contributed by atoms with Crippen LogP contribution in [-0.4, -0.2) is 30.5 Å². The topological polar surface area (TPSA) is 81.8 Å². The van der Waals surface area contributed by atoms with Gasteiger partial charge < -0.3 is 9.88 Å². The quantitative estimate of drug-likeness (QED) is 0.354. The van der Waals surface area contributed by atoms with E-state index in [-0.39, 0.29) is 16.7 Å². The number of nitrogens with one attached hydrogen (secondary N) is 1. The van der Waals surface area contributed by atoms with Gasteiger partial charge in [0.25, 0.3) is 5.56 Å². The Bertz CT molecular complexity index is 1300. The number of hydrogen-bond donors (Lipinski definition) is 1. The Hall–Kier alpha value is -3.39. The van der Waals surface area contributed by atoms with E-state index in [2.05, 4.69) is 15.0 Å². The number of rotatable bonds is 5. The van der Waals surface area contributed by atoms with Crippen LogP contribution < -0.4 is 10.9 Å². The molecule has 1 N–H and O–H groups in total. The average molecular weight is 460 g/mol. The first-order chi connectivity index (χ1) is 16.1. The standard InChI is InChI=1S/C25H25N5O2S/c1-17(23(31)26-18-11-5-2-6-12-18)33-25-27-22-21(20-15-9-4-10-16-29(20)25)24(32)30(28-22)19-13-7-3-8-14-19/h2-3,5-8,11-14,17H,4,9-10,15-16H2,1H3,(H,26,31)/t17-/m0/s1. The molecule has 2 aromatic rings. The number of carbonyl (C=O) groups excluding carboxylic acids is 1. The lowest BCUT2D eigenvalue weighted by molar-refractivity contribution is -0.115. The van der Waals surface area contributed by atoms with Crippen LogP contribution in [0.2, 0.25) is 0 Å². The highest BCUT2D eigenvalue weighted by Gasteiger charge is 2.28. The monoisotopic (exact) mass is 459 g/mol. The highest BCUT2D eigenvalue weighted by molar-refractivity contribution is 8.00. The van der Waals surface area contributed by atoms with Crippen molar-refractivity contribution >= 4 is 23.4 Å². The van der Waals surface area contributed by atoms with E-state index in [1.54, 1.807) is 0 Å². The van der Waals surface area contributed by atoms with E-state index in [0.29, 0.717) is 11.4 Å². The molecule has 0 radical (unpaired) electrons. The van der Waals surface area contributed by atoms with Crippen LogP contribution in [0.25, 0.3) is 17.1 Å². The van der Waals surface area contributed by atoms with E-state index in [0.717, 1.165) is 54.5 Å². The molecule has 3 aliphatic rings. The van der Waals surface area contributed by atoms with Gasteiger partial charge in [0.15, 0.2) is 11.0 Å². The second-order valence-electron chi connectivity index (χ2n) is 8.17. The summed E-state index contributed by atoms with van der Waals surface area (Å²) in [6.07, 6.45) is 3.93. The Balaban J connectivity index is 1.53. The molecule has 3 heterocycles. The van der Waals surface area contributed by atoms with E-state index >= 15 is 0 Å². The van der Waals surface area contributed by atoms with Crippen LogP contribution >= 0.6 is 11.8 Å². The lowest BCUT2D eigenvalue weighted by atomic mass is 10.1. The van der Waals surface area contributed by atoms with Crippen molar-refractivity contribution in [1.29, 1.82) is 0 Å². The fourth-order valence-electron chi connectivity index (χ4n) is 4.16. The van der Waals surface area contributed by atoms with Gasteiger partial charge in [-0.05, 0) is 50.5 Å². The minimum absolute atomic E-state index is 0.0876. The summed E-state index contributed by atoms with van der Waals surface area (Å²) < 4.78 is 3.56. The molecule has 1 atom stereocenters. The number of amides is 1. The number of carbonyl (C=O) groups is 1. The SMILES string of the molecule is C[C@H](Sc1nc2nn(-c3ccccc3)c(=O)c-2c2n1CCCCC2)C(=O)Nc1ccccc1. The molecule has 0 spiro atoms. The summed E-state index contributed by atoms with van der Waals surface area (Å²) in [5.74, 6) is 0.352. The molecular weight excluding hydrogens is 434 g/mol. The van der Waals surface area contributed by atoms with Crippen LogP contribution in [0.1, 0.15) is 31.9 Å². The Kier molecular flexibility index (Phi) is 6.00. The van der Waals surface area contributed by atoms with Gasteiger partial charge in [-0.2, -0.15) is 4.68 Å². The molecule has 5 rings (SSSR count). The van der Waals surface area contributed by atoms with Gasteiger partial charge in [0.05, 0.1) is 10.9 Å². The highest BCUT2D eigenvalue weighted by atomic mass is 32.2. The Morgan fingerprint density at radius 2 is 1.76 bits per heavy atom. The fraction of sp³-hybridized carbons (Fsp3) is 0.280. The minimum Gasteiger partial charge on any atom is -0.325 e. The summed E-state index contributed by atoms with van der Waals surface area (Å²) in [5, 5.41) is 7.89. The third-order valence-electron chi connectivity index (χ3n) is 5.86. The molecule has 0 fully saturated rings. The summed E-state index contributed by atoms with van der Waals surface area (Å²) in [5.41, 5.74) is 2.91. The van der Waals surface area contributed by atoms with Gasteiger partial charge in [-0.15, -0.1) is 5.10 Å². The van der Waals surface area contributed by atoms with Crippen molar-refractivity contribution in [3.8, 4) is 17.1 Å². The maximum absolute atomic E-state index is 13.3. The van der Waals surface area contributed by atoms with Gasteiger partial charge in [-0.3, -0.25) is 9.59 Å². The number of nitrogens with zero attached hydrogens (tertiary/aromatic N) is 4. The molecule has 3 aliphatic heterocycles. The molecule has 0 bridgehead atoms. The van der Waals surface area contributed by atoms with Crippen LogP contribution in [0.3, 0.4) is 0 Å². The summed E-state index contributed by atoms with van der Waals surface area (Å²) in [6, 6.07) is 18.8. The van der Waals surface area contributed by atoms with Crippen LogP contribution in [0.4, 0.5) is 5.69 Å². The number of anilines is 1. The molecule has 7 nitrogen and oxygen atoms in total. The normalized spacial score (nSPS) is 14.5. The zero-order chi connectivity index (χ0) is 22.8. The van der Waals surface area contributed by atoms with E-state index in [1.807, 2.05) is 67.6 Å². The van der Waals surface area contributed by atoms with Crippen molar-refractivity contribution in [2.75, 3.05) is 5.32 Å². The molecule has 8 heteroatoms. The molecule has 0 saturated carbocycles. The second kappa shape index (κ2) is 9.23. The van der Waals surface area contributed by atoms with Crippen molar-refractivity contribution in [2.45, 2.75) is 49.6 Å². The lowest BCUT2D eigenvalue weighted by Gasteiger charge is -2.19. The predicted octanol–water partition coefficient (Wildman–Crippen LogP) is 4.38. The molecule has 1 amide bonds. The summed E-state index contributed by atoms with van der Waals surface area (Å²) in [6.45, 7) is 2.66. The van der Waals surface area contributed by atoms with Gasteiger partial charge in [-0.25, -0.2) is 4.98 Å². The van der Waals surface area contributed by atoms with Crippen LogP contribution in [0, 0.1) is 0 Å². The first kappa shape index (κ1) is 21.5. The van der Waals surface area contributed by atoms with Crippen LogP contribution in [0.5, 0.6) is 0 Å². The van der Waals surface area contributed by atoms with Crippen molar-refractivity contribution in [2.24, 2.45) is 0 Å². The molecule has 33 heavy (non-hydrogen) atoms. The van der Waals surface area contributed by atoms with Gasteiger partial charge >= 0.3 is 0 Å². The average Bonchev–Trinajstić information content (AvgIpc) is 3.00. The van der Waals surface area contributed by atoms with E-state index in [1.165, 1.54) is 16.4 Å². The first-order valence-electron chi connectivity index (χ1n) is 11.2. The van der Waals surface area contributed by atoms with E-state index in [4.69, 9.17) is 4.98 Å². The van der Waals surface area contributed by atoms with Gasteiger partial charge in [-0.1, -0.05) is 54.6 Å². The third kappa shape index (κ3) is 4.30. The third-order valence-corrected chi connectivity index (χ3v) is 6.95. The maximum Gasteiger partial charge on any atom is 0.284 e. The molecule has 168 valence electrons. The predicted molar refractivity (Wildman–Crippen MR) is 130 cm³/mol. The smallest absolute Gasteiger partial charge is 0.284 e. The van der Waals surface area contributed by atoms with Gasteiger partial charge in [0.1, 0.15) is 5.56 Å². The summed E-state index contributed by atoms with van der Waals surface area (Å²) in [4.78, 5) is 30.9. The number of aromatic nitrogens is 4. The van der Waals surface area contributed by atoms with Crippen LogP contribution in [-0.2, 0) is 17.8 Å². The number of thioether (sulfide) groups is 1.